The van der Waals surface area contributed by atoms with Crippen LogP contribution in [0.4, 0.5) is 0 Å². The minimum atomic E-state index is -2.26. The molecule has 90 valence electrons. The van der Waals surface area contributed by atoms with E-state index in [2.05, 4.69) is 0 Å². The highest BCUT2D eigenvalue weighted by Crippen LogP contribution is 2.26. The highest BCUT2D eigenvalue weighted by Gasteiger charge is 2.50. The van der Waals surface area contributed by atoms with Gasteiger partial charge in [-0.05, 0) is 20.8 Å². The molecular weight excluding hydrogens is 204 g/mol. The molecule has 0 aromatic heterocycles. The third-order valence-corrected chi connectivity index (χ3v) is 2.65. The molecule has 0 saturated carbocycles. The van der Waals surface area contributed by atoms with Crippen molar-refractivity contribution < 1.29 is 30.3 Å². The molecule has 0 aromatic rings. The minimum absolute atomic E-state index is 0.0605. The molecule has 0 aromatic carbocycles. The van der Waals surface area contributed by atoms with Gasteiger partial charge >= 0.3 is 0 Å². The van der Waals surface area contributed by atoms with Crippen LogP contribution in [0.15, 0.2) is 0 Å². The van der Waals surface area contributed by atoms with E-state index in [9.17, 15) is 25.2 Å². The van der Waals surface area contributed by atoms with Gasteiger partial charge in [0.1, 0.15) is 23.4 Å². The normalized spacial score (nSPS) is 25.9. The van der Waals surface area contributed by atoms with Crippen molar-refractivity contribution in [1.82, 2.24) is 0 Å². The summed E-state index contributed by atoms with van der Waals surface area (Å²) in [5.41, 5.74) is -4.48. The summed E-state index contributed by atoms with van der Waals surface area (Å²) in [6.07, 6.45) is -4.75. The van der Waals surface area contributed by atoms with Crippen LogP contribution in [-0.2, 0) is 4.79 Å². The molecule has 0 aliphatic rings. The first kappa shape index (κ1) is 14.5. The molecule has 0 heterocycles. The van der Waals surface area contributed by atoms with E-state index < -0.39 is 29.5 Å². The Morgan fingerprint density at radius 1 is 1.13 bits per heavy atom. The van der Waals surface area contributed by atoms with Crippen molar-refractivity contribution in [3.8, 4) is 0 Å². The lowest BCUT2D eigenvalue weighted by molar-refractivity contribution is -0.210. The van der Waals surface area contributed by atoms with Gasteiger partial charge in [-0.1, -0.05) is 0 Å². The van der Waals surface area contributed by atoms with Gasteiger partial charge in [0.15, 0.2) is 6.29 Å². The van der Waals surface area contributed by atoms with Crippen LogP contribution in [-0.4, -0.2) is 61.3 Å². The molecule has 5 atom stereocenters. The van der Waals surface area contributed by atoms with Crippen molar-refractivity contribution in [2.75, 3.05) is 0 Å². The van der Waals surface area contributed by atoms with Gasteiger partial charge in [0.05, 0.1) is 6.10 Å². The van der Waals surface area contributed by atoms with Crippen LogP contribution in [0.1, 0.15) is 20.8 Å². The summed E-state index contributed by atoms with van der Waals surface area (Å²) in [6, 6.07) is 0. The van der Waals surface area contributed by atoms with E-state index in [1.807, 2.05) is 0 Å². The van der Waals surface area contributed by atoms with E-state index >= 15 is 0 Å². The smallest absolute Gasteiger partial charge is 0.154 e. The number of carbonyl (C=O) groups is 1. The van der Waals surface area contributed by atoms with Gasteiger partial charge in [-0.3, -0.25) is 0 Å². The number of aliphatic hydroxyl groups excluding tert-OH is 3. The topological polar surface area (TPSA) is 118 Å². The van der Waals surface area contributed by atoms with Crippen molar-refractivity contribution in [2.45, 2.75) is 50.3 Å². The van der Waals surface area contributed by atoms with Gasteiger partial charge in [0.2, 0.25) is 0 Å². The van der Waals surface area contributed by atoms with Crippen LogP contribution in [0.3, 0.4) is 0 Å². The Bertz CT molecular complexity index is 223. The monoisotopic (exact) mass is 222 g/mol. The average Bonchev–Trinajstić information content (AvgIpc) is 2.14. The van der Waals surface area contributed by atoms with Crippen LogP contribution >= 0.6 is 0 Å². The zero-order valence-electron chi connectivity index (χ0n) is 8.95. The second-order valence-corrected chi connectivity index (χ2v) is 4.09. The van der Waals surface area contributed by atoms with Crippen molar-refractivity contribution in [2.24, 2.45) is 0 Å². The summed E-state index contributed by atoms with van der Waals surface area (Å²) in [7, 11) is 0. The van der Waals surface area contributed by atoms with Crippen molar-refractivity contribution in [1.29, 1.82) is 0 Å². The fraction of sp³-hybridized carbons (Fsp3) is 0.889. The van der Waals surface area contributed by atoms with Crippen LogP contribution in [0.5, 0.6) is 0 Å². The van der Waals surface area contributed by atoms with Gasteiger partial charge in [0.25, 0.3) is 0 Å². The van der Waals surface area contributed by atoms with E-state index in [4.69, 9.17) is 5.11 Å². The first-order valence-electron chi connectivity index (χ1n) is 4.53. The molecule has 1 unspecified atom stereocenters. The van der Waals surface area contributed by atoms with Gasteiger partial charge in [-0.15, -0.1) is 0 Å². The van der Waals surface area contributed by atoms with E-state index in [0.29, 0.717) is 0 Å². The maximum Gasteiger partial charge on any atom is 0.154 e. The third kappa shape index (κ3) is 2.73. The van der Waals surface area contributed by atoms with Crippen LogP contribution in [0.25, 0.3) is 0 Å². The second-order valence-electron chi connectivity index (χ2n) is 4.09. The number of hydrogen-bond acceptors (Lipinski definition) is 6. The molecule has 0 spiro atoms. The second kappa shape index (κ2) is 4.54. The van der Waals surface area contributed by atoms with Crippen LogP contribution in [0, 0.1) is 0 Å². The number of hydrogen-bond donors (Lipinski definition) is 5. The molecule has 6 heteroatoms. The molecule has 0 rings (SSSR count). The highest BCUT2D eigenvalue weighted by molar-refractivity contribution is 5.64. The first-order chi connectivity index (χ1) is 6.58. The molecule has 0 amide bonds. The SMILES string of the molecule is CC(O)[C@@H](O)[C@@H](O)[C@](C)(O)[C@](C)(O)C=O. The Labute approximate surface area is 87.8 Å². The summed E-state index contributed by atoms with van der Waals surface area (Å²) in [5, 5.41) is 47.0. The Morgan fingerprint density at radius 3 is 1.80 bits per heavy atom. The average molecular weight is 222 g/mol. The highest BCUT2D eigenvalue weighted by atomic mass is 16.4. The van der Waals surface area contributed by atoms with Gasteiger partial charge < -0.3 is 30.3 Å². The summed E-state index contributed by atoms with van der Waals surface area (Å²) >= 11 is 0. The Hall–Kier alpha value is -0.530. The molecule has 5 N–H and O–H groups in total. The first-order valence-corrected chi connectivity index (χ1v) is 4.53. The zero-order valence-corrected chi connectivity index (χ0v) is 8.95. The van der Waals surface area contributed by atoms with Crippen LogP contribution < -0.4 is 0 Å². The maximum atomic E-state index is 10.5. The lowest BCUT2D eigenvalue weighted by Gasteiger charge is -2.40. The largest absolute Gasteiger partial charge is 0.391 e. The summed E-state index contributed by atoms with van der Waals surface area (Å²) < 4.78 is 0. The fourth-order valence-electron chi connectivity index (χ4n) is 1.02. The Morgan fingerprint density at radius 2 is 1.53 bits per heavy atom. The predicted octanol–water partition coefficient (Wildman–Crippen LogP) is -2.21. The van der Waals surface area contributed by atoms with Crippen molar-refractivity contribution in [3.63, 3.8) is 0 Å². The molecule has 15 heavy (non-hydrogen) atoms. The molecular formula is C9H18O6. The molecule has 0 aliphatic heterocycles. The quantitative estimate of drug-likeness (QED) is 0.337. The number of rotatable bonds is 5. The number of aldehydes is 1. The number of aliphatic hydroxyl groups is 5. The summed E-state index contributed by atoms with van der Waals surface area (Å²) in [4.78, 5) is 10.5. The Balaban J connectivity index is 4.95. The number of carbonyl (C=O) groups excluding carboxylic acids is 1. The van der Waals surface area contributed by atoms with E-state index in [0.717, 1.165) is 13.8 Å². The van der Waals surface area contributed by atoms with Gasteiger partial charge in [0, 0.05) is 0 Å². The lowest BCUT2D eigenvalue weighted by Crippen LogP contribution is -2.63. The maximum absolute atomic E-state index is 10.5. The van der Waals surface area contributed by atoms with Gasteiger partial charge in [-0.2, -0.15) is 0 Å². The molecule has 0 bridgehead atoms. The summed E-state index contributed by atoms with van der Waals surface area (Å²) in [6.45, 7) is 3.20. The Kier molecular flexibility index (Phi) is 4.38. The van der Waals surface area contributed by atoms with Gasteiger partial charge in [-0.25, -0.2) is 0 Å². The van der Waals surface area contributed by atoms with E-state index in [1.54, 1.807) is 0 Å². The van der Waals surface area contributed by atoms with E-state index in [-0.39, 0.29) is 6.29 Å². The standard InChI is InChI=1S/C9H18O6/c1-5(11)6(12)7(13)9(3,15)8(2,14)4-10/h4-7,11-15H,1-3H3/t5?,6-,7-,8-,9+/m1/s1. The molecule has 0 fully saturated rings. The molecule has 6 nitrogen and oxygen atoms in total. The fourth-order valence-corrected chi connectivity index (χ4v) is 1.02. The van der Waals surface area contributed by atoms with Crippen LogP contribution in [0.2, 0.25) is 0 Å². The summed E-state index contributed by atoms with van der Waals surface area (Å²) in [5.74, 6) is 0. The zero-order chi connectivity index (χ0) is 12.4. The molecule has 0 radical (unpaired) electrons. The van der Waals surface area contributed by atoms with Crippen molar-refractivity contribution in [3.05, 3.63) is 0 Å². The molecule has 0 saturated heterocycles. The van der Waals surface area contributed by atoms with E-state index in [1.165, 1.54) is 6.92 Å². The minimum Gasteiger partial charge on any atom is -0.391 e. The lowest BCUT2D eigenvalue weighted by atomic mass is 9.79. The predicted molar refractivity (Wildman–Crippen MR) is 51.0 cm³/mol. The molecule has 0 aliphatic carbocycles. The third-order valence-electron chi connectivity index (χ3n) is 2.65. The van der Waals surface area contributed by atoms with Crippen molar-refractivity contribution >= 4 is 6.29 Å².